The number of rotatable bonds is 1. The van der Waals surface area contributed by atoms with Gasteiger partial charge in [0.15, 0.2) is 0 Å². The third-order valence-electron chi connectivity index (χ3n) is 2.77. The lowest BCUT2D eigenvalue weighted by molar-refractivity contribution is 0.245. The molecule has 5 heteroatoms. The zero-order valence-corrected chi connectivity index (χ0v) is 8.98. The highest BCUT2D eigenvalue weighted by atomic mass is 16.4. The first-order valence-electron chi connectivity index (χ1n) is 5.11. The van der Waals surface area contributed by atoms with E-state index < -0.39 is 0 Å². The number of nitrogens with two attached hydrogens (primary N) is 1. The minimum Gasteiger partial charge on any atom is -0.408 e. The van der Waals surface area contributed by atoms with Crippen molar-refractivity contribution in [2.75, 3.05) is 26.7 Å². The summed E-state index contributed by atoms with van der Waals surface area (Å²) in [5.74, 6) is 0.243. The van der Waals surface area contributed by atoms with Gasteiger partial charge in [0, 0.05) is 19.1 Å². The van der Waals surface area contributed by atoms with Gasteiger partial charge in [-0.25, -0.2) is 0 Å². The van der Waals surface area contributed by atoms with E-state index in [0.717, 1.165) is 32.5 Å². The van der Waals surface area contributed by atoms with Gasteiger partial charge in [-0.2, -0.15) is 0 Å². The molecule has 1 unspecified atom stereocenters. The van der Waals surface area contributed by atoms with Crippen LogP contribution in [0.3, 0.4) is 0 Å². The molecule has 1 atom stereocenters. The molecule has 0 aromatic rings. The standard InChI is InChI=1S/C9H20N4O/c1-3-8-7-12(2)5-4-6-13(8)9(10)11-14/h8,14H,3-7H2,1-2H3,(H2,10,11). The highest BCUT2D eigenvalue weighted by Gasteiger charge is 2.23. The van der Waals surface area contributed by atoms with Gasteiger partial charge in [0.25, 0.3) is 0 Å². The van der Waals surface area contributed by atoms with Gasteiger partial charge in [0.05, 0.1) is 0 Å². The molecular weight excluding hydrogens is 180 g/mol. The normalized spacial score (nSPS) is 26.3. The Labute approximate surface area is 85.2 Å². The van der Waals surface area contributed by atoms with Crippen LogP contribution in [0.5, 0.6) is 0 Å². The highest BCUT2D eigenvalue weighted by molar-refractivity contribution is 5.77. The lowest BCUT2D eigenvalue weighted by Gasteiger charge is -2.30. The van der Waals surface area contributed by atoms with Crippen LogP contribution in [0.25, 0.3) is 0 Å². The smallest absolute Gasteiger partial charge is 0.233 e. The molecule has 0 aromatic carbocycles. The fourth-order valence-corrected chi connectivity index (χ4v) is 1.95. The monoisotopic (exact) mass is 200 g/mol. The average Bonchev–Trinajstić information content (AvgIpc) is 2.38. The molecule has 1 heterocycles. The van der Waals surface area contributed by atoms with Gasteiger partial charge in [-0.3, -0.25) is 0 Å². The summed E-state index contributed by atoms with van der Waals surface area (Å²) in [7, 11) is 2.11. The molecular formula is C9H20N4O. The molecule has 14 heavy (non-hydrogen) atoms. The van der Waals surface area contributed by atoms with Crippen LogP contribution in [0.2, 0.25) is 0 Å². The zero-order chi connectivity index (χ0) is 10.6. The number of guanidine groups is 1. The first-order chi connectivity index (χ1) is 6.69. The number of hydrogen-bond donors (Lipinski definition) is 2. The summed E-state index contributed by atoms with van der Waals surface area (Å²) in [6.45, 7) is 5.05. The summed E-state index contributed by atoms with van der Waals surface area (Å²) in [5.41, 5.74) is 5.64. The molecule has 0 amide bonds. The number of nitrogens with zero attached hydrogens (tertiary/aromatic N) is 3. The van der Waals surface area contributed by atoms with Crippen LogP contribution in [0, 0.1) is 0 Å². The Kier molecular flexibility index (Phi) is 4.00. The molecule has 1 rings (SSSR count). The lowest BCUT2D eigenvalue weighted by Crippen LogP contribution is -2.47. The zero-order valence-electron chi connectivity index (χ0n) is 8.98. The molecule has 0 aromatic heterocycles. The minimum absolute atomic E-state index is 0.243. The van der Waals surface area contributed by atoms with Crippen LogP contribution in [0.1, 0.15) is 19.8 Å². The molecule has 1 saturated heterocycles. The topological polar surface area (TPSA) is 65.1 Å². The maximum atomic E-state index is 8.67. The van der Waals surface area contributed by atoms with Crippen LogP contribution in [-0.4, -0.2) is 53.7 Å². The summed E-state index contributed by atoms with van der Waals surface area (Å²) in [5, 5.41) is 11.7. The summed E-state index contributed by atoms with van der Waals surface area (Å²) >= 11 is 0. The number of likely N-dealkylation sites (N-methyl/N-ethyl adjacent to an activating group) is 1. The van der Waals surface area contributed by atoms with E-state index in [4.69, 9.17) is 10.9 Å². The number of hydrogen-bond acceptors (Lipinski definition) is 3. The van der Waals surface area contributed by atoms with Crippen molar-refractivity contribution >= 4 is 5.96 Å². The molecule has 82 valence electrons. The molecule has 0 bridgehead atoms. The number of oxime groups is 1. The SMILES string of the molecule is CCC1CN(C)CCCN1C(N)=NO. The van der Waals surface area contributed by atoms with Gasteiger partial charge in [-0.05, 0) is 26.4 Å². The Morgan fingerprint density at radius 2 is 2.29 bits per heavy atom. The van der Waals surface area contributed by atoms with Gasteiger partial charge < -0.3 is 20.7 Å². The van der Waals surface area contributed by atoms with Gasteiger partial charge in [-0.15, -0.1) is 0 Å². The van der Waals surface area contributed by atoms with Gasteiger partial charge in [-0.1, -0.05) is 12.1 Å². The van der Waals surface area contributed by atoms with Crippen molar-refractivity contribution in [2.24, 2.45) is 10.9 Å². The van der Waals surface area contributed by atoms with E-state index in [0.29, 0.717) is 6.04 Å². The van der Waals surface area contributed by atoms with Crippen LogP contribution >= 0.6 is 0 Å². The maximum Gasteiger partial charge on any atom is 0.233 e. The van der Waals surface area contributed by atoms with E-state index in [-0.39, 0.29) is 5.96 Å². The summed E-state index contributed by atoms with van der Waals surface area (Å²) in [6.07, 6.45) is 2.07. The fourth-order valence-electron chi connectivity index (χ4n) is 1.95. The van der Waals surface area contributed by atoms with E-state index in [1.807, 2.05) is 4.90 Å². The second-order valence-corrected chi connectivity index (χ2v) is 3.83. The quantitative estimate of drug-likeness (QED) is 0.273. The molecule has 3 N–H and O–H groups in total. The molecule has 1 aliphatic rings. The van der Waals surface area contributed by atoms with Gasteiger partial charge in [0.1, 0.15) is 0 Å². The van der Waals surface area contributed by atoms with Crippen LogP contribution < -0.4 is 5.73 Å². The van der Waals surface area contributed by atoms with Gasteiger partial charge in [0.2, 0.25) is 5.96 Å². The van der Waals surface area contributed by atoms with Crippen molar-refractivity contribution in [1.29, 1.82) is 0 Å². The molecule has 1 aliphatic heterocycles. The average molecular weight is 200 g/mol. The second-order valence-electron chi connectivity index (χ2n) is 3.83. The van der Waals surface area contributed by atoms with E-state index >= 15 is 0 Å². The Balaban J connectivity index is 2.70. The molecule has 0 spiro atoms. The van der Waals surface area contributed by atoms with E-state index in [2.05, 4.69) is 24.0 Å². The highest BCUT2D eigenvalue weighted by Crippen LogP contribution is 2.11. The maximum absolute atomic E-state index is 8.67. The van der Waals surface area contributed by atoms with Crippen LogP contribution in [0.15, 0.2) is 5.16 Å². The third-order valence-corrected chi connectivity index (χ3v) is 2.77. The summed E-state index contributed by atoms with van der Waals surface area (Å²) < 4.78 is 0. The van der Waals surface area contributed by atoms with Crippen molar-refractivity contribution in [3.8, 4) is 0 Å². The second kappa shape index (κ2) is 5.05. The van der Waals surface area contributed by atoms with Crippen LogP contribution in [-0.2, 0) is 0 Å². The van der Waals surface area contributed by atoms with Crippen molar-refractivity contribution in [2.45, 2.75) is 25.8 Å². The summed E-state index contributed by atoms with van der Waals surface area (Å²) in [6, 6.07) is 0.360. The van der Waals surface area contributed by atoms with E-state index in [1.165, 1.54) is 0 Å². The first kappa shape index (κ1) is 11.1. The van der Waals surface area contributed by atoms with Crippen molar-refractivity contribution < 1.29 is 5.21 Å². The van der Waals surface area contributed by atoms with E-state index in [1.54, 1.807) is 0 Å². The van der Waals surface area contributed by atoms with Crippen molar-refractivity contribution in [1.82, 2.24) is 9.80 Å². The fraction of sp³-hybridized carbons (Fsp3) is 0.889. The largest absolute Gasteiger partial charge is 0.408 e. The molecule has 0 saturated carbocycles. The molecule has 5 nitrogen and oxygen atoms in total. The molecule has 0 aliphatic carbocycles. The Morgan fingerprint density at radius 1 is 1.57 bits per heavy atom. The summed E-state index contributed by atoms with van der Waals surface area (Å²) in [4.78, 5) is 4.28. The molecule has 0 radical (unpaired) electrons. The Hall–Kier alpha value is -0.970. The predicted molar refractivity (Wildman–Crippen MR) is 56.3 cm³/mol. The predicted octanol–water partition coefficient (Wildman–Crippen LogP) is 0.106. The lowest BCUT2D eigenvalue weighted by atomic mass is 10.2. The van der Waals surface area contributed by atoms with Crippen molar-refractivity contribution in [3.63, 3.8) is 0 Å². The van der Waals surface area contributed by atoms with Crippen molar-refractivity contribution in [3.05, 3.63) is 0 Å². The minimum atomic E-state index is 0.243. The first-order valence-corrected chi connectivity index (χ1v) is 5.11. The van der Waals surface area contributed by atoms with Crippen LogP contribution in [0.4, 0.5) is 0 Å². The Morgan fingerprint density at radius 3 is 2.86 bits per heavy atom. The Bertz CT molecular complexity index is 207. The third kappa shape index (κ3) is 2.51. The van der Waals surface area contributed by atoms with E-state index in [9.17, 15) is 0 Å². The van der Waals surface area contributed by atoms with Gasteiger partial charge >= 0.3 is 0 Å². The molecule has 1 fully saturated rings.